The number of nitrogens with one attached hydrogen (secondary N) is 1. The molecule has 19 heavy (non-hydrogen) atoms. The van der Waals surface area contributed by atoms with Gasteiger partial charge in [-0.3, -0.25) is 0 Å². The maximum atomic E-state index is 13.5. The standard InChI is InChI=1S/C15H14Cl2FN/c1-9-3-4-11(7-14(9)18)10(2)19-15-6-5-12(16)8-13(15)17/h3-8,10,19H,1-2H3. The van der Waals surface area contributed by atoms with Crippen LogP contribution in [0.5, 0.6) is 0 Å². The van der Waals surface area contributed by atoms with Crippen LogP contribution in [0.15, 0.2) is 36.4 Å². The first-order valence-corrected chi connectivity index (χ1v) is 6.70. The Kier molecular flexibility index (Phi) is 4.33. The number of aryl methyl sites for hydroxylation is 1. The molecule has 1 N–H and O–H groups in total. The van der Waals surface area contributed by atoms with E-state index in [1.54, 1.807) is 25.1 Å². The van der Waals surface area contributed by atoms with Crippen LogP contribution in [0.3, 0.4) is 0 Å². The van der Waals surface area contributed by atoms with E-state index < -0.39 is 0 Å². The monoisotopic (exact) mass is 297 g/mol. The lowest BCUT2D eigenvalue weighted by molar-refractivity contribution is 0.614. The summed E-state index contributed by atoms with van der Waals surface area (Å²) in [4.78, 5) is 0. The molecule has 2 rings (SSSR count). The molecule has 0 radical (unpaired) electrons. The Morgan fingerprint density at radius 2 is 1.84 bits per heavy atom. The first-order valence-electron chi connectivity index (χ1n) is 5.95. The van der Waals surface area contributed by atoms with Crippen molar-refractivity contribution in [2.24, 2.45) is 0 Å². The Balaban J connectivity index is 2.20. The first kappa shape index (κ1) is 14.2. The third-order valence-electron chi connectivity index (χ3n) is 3.00. The van der Waals surface area contributed by atoms with Crippen LogP contribution in [0.4, 0.5) is 10.1 Å². The van der Waals surface area contributed by atoms with E-state index in [1.807, 2.05) is 19.1 Å². The molecule has 0 amide bonds. The van der Waals surface area contributed by atoms with E-state index in [0.29, 0.717) is 15.6 Å². The third-order valence-corrected chi connectivity index (χ3v) is 3.55. The summed E-state index contributed by atoms with van der Waals surface area (Å²) >= 11 is 11.9. The molecule has 2 aromatic rings. The second kappa shape index (κ2) is 5.81. The minimum atomic E-state index is -0.201. The highest BCUT2D eigenvalue weighted by Crippen LogP contribution is 2.29. The van der Waals surface area contributed by atoms with Crippen LogP contribution < -0.4 is 5.32 Å². The summed E-state index contributed by atoms with van der Waals surface area (Å²) < 4.78 is 13.5. The highest BCUT2D eigenvalue weighted by molar-refractivity contribution is 6.36. The highest BCUT2D eigenvalue weighted by Gasteiger charge is 2.09. The van der Waals surface area contributed by atoms with Crippen LogP contribution in [0.2, 0.25) is 10.0 Å². The molecule has 0 bridgehead atoms. The van der Waals surface area contributed by atoms with Crippen molar-refractivity contribution in [2.45, 2.75) is 19.9 Å². The Bertz CT molecular complexity index is 599. The van der Waals surface area contributed by atoms with Crippen LogP contribution in [0, 0.1) is 12.7 Å². The minimum absolute atomic E-state index is 0.0474. The van der Waals surface area contributed by atoms with E-state index in [4.69, 9.17) is 23.2 Å². The van der Waals surface area contributed by atoms with Crippen LogP contribution >= 0.6 is 23.2 Å². The molecule has 0 heterocycles. The van der Waals surface area contributed by atoms with Crippen molar-refractivity contribution in [2.75, 3.05) is 5.32 Å². The fourth-order valence-electron chi connectivity index (χ4n) is 1.80. The van der Waals surface area contributed by atoms with Gasteiger partial charge >= 0.3 is 0 Å². The van der Waals surface area contributed by atoms with Crippen LogP contribution in [0.1, 0.15) is 24.1 Å². The topological polar surface area (TPSA) is 12.0 Å². The Hall–Kier alpha value is -1.25. The SMILES string of the molecule is Cc1ccc(C(C)Nc2ccc(Cl)cc2Cl)cc1F. The zero-order valence-electron chi connectivity index (χ0n) is 10.7. The van der Waals surface area contributed by atoms with Gasteiger partial charge in [0, 0.05) is 11.1 Å². The molecule has 2 aromatic carbocycles. The van der Waals surface area contributed by atoms with E-state index >= 15 is 0 Å². The van der Waals surface area contributed by atoms with Crippen molar-refractivity contribution in [1.29, 1.82) is 0 Å². The van der Waals surface area contributed by atoms with Gasteiger partial charge in [0.05, 0.1) is 10.7 Å². The zero-order valence-corrected chi connectivity index (χ0v) is 12.2. The van der Waals surface area contributed by atoms with Crippen molar-refractivity contribution in [1.82, 2.24) is 0 Å². The third kappa shape index (κ3) is 3.40. The molecule has 0 spiro atoms. The largest absolute Gasteiger partial charge is 0.377 e. The average molecular weight is 298 g/mol. The van der Waals surface area contributed by atoms with Gasteiger partial charge in [0.25, 0.3) is 0 Å². The summed E-state index contributed by atoms with van der Waals surface area (Å²) in [6.07, 6.45) is 0. The lowest BCUT2D eigenvalue weighted by atomic mass is 10.1. The summed E-state index contributed by atoms with van der Waals surface area (Å²) in [6, 6.07) is 10.4. The van der Waals surface area contributed by atoms with Crippen LogP contribution in [-0.2, 0) is 0 Å². The fraction of sp³-hybridized carbons (Fsp3) is 0.200. The number of halogens is 3. The molecule has 1 unspecified atom stereocenters. The lowest BCUT2D eigenvalue weighted by Crippen LogP contribution is -2.07. The molecule has 0 aliphatic heterocycles. The summed E-state index contributed by atoms with van der Waals surface area (Å²) in [7, 11) is 0. The lowest BCUT2D eigenvalue weighted by Gasteiger charge is -2.17. The van der Waals surface area contributed by atoms with E-state index in [2.05, 4.69) is 5.32 Å². The molecular weight excluding hydrogens is 284 g/mol. The molecule has 0 aromatic heterocycles. The molecule has 1 atom stereocenters. The van der Waals surface area contributed by atoms with Gasteiger partial charge in [0.15, 0.2) is 0 Å². The smallest absolute Gasteiger partial charge is 0.126 e. The quantitative estimate of drug-likeness (QED) is 0.776. The van der Waals surface area contributed by atoms with Gasteiger partial charge in [-0.1, -0.05) is 35.3 Å². The van der Waals surface area contributed by atoms with Crippen molar-refractivity contribution >= 4 is 28.9 Å². The number of hydrogen-bond donors (Lipinski definition) is 1. The Morgan fingerprint density at radius 3 is 2.47 bits per heavy atom. The predicted octanol–water partition coefficient (Wildman–Crippen LogP) is 5.61. The summed E-state index contributed by atoms with van der Waals surface area (Å²) in [5, 5.41) is 4.38. The average Bonchev–Trinajstić information content (AvgIpc) is 2.36. The van der Waals surface area contributed by atoms with Crippen LogP contribution in [0.25, 0.3) is 0 Å². The van der Waals surface area contributed by atoms with Crippen LogP contribution in [-0.4, -0.2) is 0 Å². The van der Waals surface area contributed by atoms with Crippen molar-refractivity contribution in [3.63, 3.8) is 0 Å². The van der Waals surface area contributed by atoms with Crippen molar-refractivity contribution in [3.8, 4) is 0 Å². The maximum absolute atomic E-state index is 13.5. The number of hydrogen-bond acceptors (Lipinski definition) is 1. The van der Waals surface area contributed by atoms with Gasteiger partial charge < -0.3 is 5.32 Å². The van der Waals surface area contributed by atoms with E-state index in [1.165, 1.54) is 6.07 Å². The molecular formula is C15H14Cl2FN. The highest BCUT2D eigenvalue weighted by atomic mass is 35.5. The van der Waals surface area contributed by atoms with E-state index in [-0.39, 0.29) is 11.9 Å². The predicted molar refractivity (Wildman–Crippen MR) is 79.6 cm³/mol. The normalized spacial score (nSPS) is 12.3. The van der Waals surface area contributed by atoms with Crippen molar-refractivity contribution in [3.05, 3.63) is 63.4 Å². The summed E-state index contributed by atoms with van der Waals surface area (Å²) in [6.45, 7) is 3.70. The molecule has 100 valence electrons. The minimum Gasteiger partial charge on any atom is -0.377 e. The molecule has 0 fully saturated rings. The summed E-state index contributed by atoms with van der Waals surface area (Å²) in [5.41, 5.74) is 2.29. The van der Waals surface area contributed by atoms with E-state index in [0.717, 1.165) is 11.3 Å². The molecule has 0 saturated heterocycles. The molecule has 0 aliphatic rings. The van der Waals surface area contributed by atoms with Gasteiger partial charge in [-0.05, 0) is 49.2 Å². The maximum Gasteiger partial charge on any atom is 0.126 e. The molecule has 4 heteroatoms. The zero-order chi connectivity index (χ0) is 14.0. The van der Waals surface area contributed by atoms with Crippen molar-refractivity contribution < 1.29 is 4.39 Å². The molecule has 0 saturated carbocycles. The first-order chi connectivity index (χ1) is 8.97. The fourth-order valence-corrected chi connectivity index (χ4v) is 2.26. The molecule has 0 aliphatic carbocycles. The number of rotatable bonds is 3. The Labute approximate surface area is 122 Å². The second-order valence-electron chi connectivity index (χ2n) is 4.50. The number of anilines is 1. The molecule has 1 nitrogen and oxygen atoms in total. The van der Waals surface area contributed by atoms with Gasteiger partial charge in [0.2, 0.25) is 0 Å². The second-order valence-corrected chi connectivity index (χ2v) is 5.34. The Morgan fingerprint density at radius 1 is 1.11 bits per heavy atom. The van der Waals surface area contributed by atoms with Gasteiger partial charge in [-0.25, -0.2) is 4.39 Å². The van der Waals surface area contributed by atoms with Gasteiger partial charge in [-0.2, -0.15) is 0 Å². The van der Waals surface area contributed by atoms with E-state index in [9.17, 15) is 4.39 Å². The number of benzene rings is 2. The van der Waals surface area contributed by atoms with Gasteiger partial charge in [0.1, 0.15) is 5.82 Å². The van der Waals surface area contributed by atoms with Gasteiger partial charge in [-0.15, -0.1) is 0 Å². The summed E-state index contributed by atoms with van der Waals surface area (Å²) in [5.74, 6) is -0.201.